The Kier molecular flexibility index (Phi) is 4.56. The molecule has 0 saturated heterocycles. The molecule has 1 saturated carbocycles. The van der Waals surface area contributed by atoms with E-state index < -0.39 is 5.41 Å². The largest absolute Gasteiger partial charge is 0.354 e. The van der Waals surface area contributed by atoms with Crippen molar-refractivity contribution in [1.82, 2.24) is 5.32 Å². The molecule has 0 aromatic heterocycles. The van der Waals surface area contributed by atoms with E-state index in [0.29, 0.717) is 6.54 Å². The topological polar surface area (TPSA) is 52.9 Å². The molecule has 0 atom stereocenters. The molecule has 17 heavy (non-hydrogen) atoms. The molecule has 0 aliphatic heterocycles. The van der Waals surface area contributed by atoms with Crippen LogP contribution in [0, 0.1) is 22.2 Å². The van der Waals surface area contributed by atoms with E-state index in [0.717, 1.165) is 38.5 Å². The molecule has 1 aliphatic carbocycles. The van der Waals surface area contributed by atoms with Gasteiger partial charge in [-0.05, 0) is 18.3 Å². The first kappa shape index (κ1) is 14.0. The van der Waals surface area contributed by atoms with Gasteiger partial charge in [0.2, 0.25) is 5.91 Å². The minimum atomic E-state index is -0.762. The molecular weight excluding hydrogens is 212 g/mol. The highest BCUT2D eigenvalue weighted by molar-refractivity contribution is 5.85. The minimum Gasteiger partial charge on any atom is -0.354 e. The summed E-state index contributed by atoms with van der Waals surface area (Å²) in [6.07, 6.45) is 5.73. The van der Waals surface area contributed by atoms with Gasteiger partial charge in [0.15, 0.2) is 0 Å². The maximum atomic E-state index is 12.2. The lowest BCUT2D eigenvalue weighted by Gasteiger charge is -2.26. The molecule has 0 bridgehead atoms. The number of carbonyl (C=O) groups is 1. The van der Waals surface area contributed by atoms with Crippen LogP contribution in [0.25, 0.3) is 0 Å². The third kappa shape index (κ3) is 4.03. The zero-order chi connectivity index (χ0) is 12.9. The molecule has 3 heteroatoms. The second kappa shape index (κ2) is 5.53. The fourth-order valence-corrected chi connectivity index (χ4v) is 2.24. The van der Waals surface area contributed by atoms with Crippen molar-refractivity contribution in [2.75, 3.05) is 6.54 Å². The van der Waals surface area contributed by atoms with E-state index in [1.807, 2.05) is 0 Å². The van der Waals surface area contributed by atoms with Crippen molar-refractivity contribution in [3.8, 4) is 6.07 Å². The van der Waals surface area contributed by atoms with Crippen LogP contribution < -0.4 is 5.32 Å². The van der Waals surface area contributed by atoms with Crippen molar-refractivity contribution in [2.24, 2.45) is 10.8 Å². The van der Waals surface area contributed by atoms with E-state index >= 15 is 0 Å². The minimum absolute atomic E-state index is 0.0585. The van der Waals surface area contributed by atoms with Gasteiger partial charge < -0.3 is 5.32 Å². The third-order valence-electron chi connectivity index (χ3n) is 3.39. The van der Waals surface area contributed by atoms with Crippen molar-refractivity contribution >= 4 is 5.91 Å². The Balaban J connectivity index is 2.66. The van der Waals surface area contributed by atoms with Gasteiger partial charge in [0.25, 0.3) is 0 Å². The number of hydrogen-bond donors (Lipinski definition) is 1. The zero-order valence-electron chi connectivity index (χ0n) is 11.3. The van der Waals surface area contributed by atoms with E-state index in [1.165, 1.54) is 0 Å². The quantitative estimate of drug-likeness (QED) is 0.749. The average Bonchev–Trinajstić information content (AvgIpc) is 2.51. The highest BCUT2D eigenvalue weighted by Gasteiger charge is 2.38. The van der Waals surface area contributed by atoms with Crippen LogP contribution in [0.4, 0.5) is 0 Å². The molecule has 1 N–H and O–H groups in total. The molecule has 0 heterocycles. The number of amides is 1. The number of nitrogens with one attached hydrogen (secondary N) is 1. The monoisotopic (exact) mass is 236 g/mol. The summed E-state index contributed by atoms with van der Waals surface area (Å²) < 4.78 is 0. The third-order valence-corrected chi connectivity index (χ3v) is 3.39. The van der Waals surface area contributed by atoms with Crippen LogP contribution >= 0.6 is 0 Å². The fourth-order valence-electron chi connectivity index (χ4n) is 2.24. The summed E-state index contributed by atoms with van der Waals surface area (Å²) in [7, 11) is 0. The van der Waals surface area contributed by atoms with Gasteiger partial charge in [-0.2, -0.15) is 5.26 Å². The first-order valence-corrected chi connectivity index (χ1v) is 6.59. The van der Waals surface area contributed by atoms with Crippen molar-refractivity contribution in [3.05, 3.63) is 0 Å². The maximum Gasteiger partial charge on any atom is 0.240 e. The first-order valence-electron chi connectivity index (χ1n) is 6.59. The Morgan fingerprint density at radius 3 is 2.18 bits per heavy atom. The van der Waals surface area contributed by atoms with Crippen LogP contribution in [0.3, 0.4) is 0 Å². The van der Waals surface area contributed by atoms with Crippen LogP contribution in [0.15, 0.2) is 0 Å². The van der Waals surface area contributed by atoms with Gasteiger partial charge in [0.1, 0.15) is 5.41 Å². The highest BCUT2D eigenvalue weighted by Crippen LogP contribution is 2.34. The summed E-state index contributed by atoms with van der Waals surface area (Å²) in [5, 5.41) is 12.3. The number of nitrogens with zero attached hydrogens (tertiary/aromatic N) is 1. The lowest BCUT2D eigenvalue weighted by atomic mass is 9.80. The predicted octanol–water partition coefficient (Wildman–Crippen LogP) is 3.01. The van der Waals surface area contributed by atoms with Crippen molar-refractivity contribution in [2.45, 2.75) is 59.3 Å². The summed E-state index contributed by atoms with van der Waals surface area (Å²) in [4.78, 5) is 12.2. The summed E-state index contributed by atoms with van der Waals surface area (Å²) in [5.41, 5.74) is -0.696. The van der Waals surface area contributed by atoms with Crippen LogP contribution in [-0.4, -0.2) is 12.5 Å². The lowest BCUT2D eigenvalue weighted by molar-refractivity contribution is -0.129. The van der Waals surface area contributed by atoms with Gasteiger partial charge >= 0.3 is 0 Å². The van der Waals surface area contributed by atoms with Gasteiger partial charge in [-0.3, -0.25) is 4.79 Å². The predicted molar refractivity (Wildman–Crippen MR) is 68.2 cm³/mol. The van der Waals surface area contributed by atoms with Gasteiger partial charge in [0, 0.05) is 6.54 Å². The molecule has 0 unspecified atom stereocenters. The maximum absolute atomic E-state index is 12.2. The van der Waals surface area contributed by atoms with E-state index in [2.05, 4.69) is 32.2 Å². The molecule has 0 spiro atoms. The molecular formula is C14H24N2O. The molecule has 96 valence electrons. The lowest BCUT2D eigenvalue weighted by Crippen LogP contribution is -2.43. The van der Waals surface area contributed by atoms with Gasteiger partial charge in [-0.1, -0.05) is 46.5 Å². The van der Waals surface area contributed by atoms with Crippen molar-refractivity contribution in [3.63, 3.8) is 0 Å². The van der Waals surface area contributed by atoms with E-state index in [-0.39, 0.29) is 11.3 Å². The second-order valence-corrected chi connectivity index (χ2v) is 6.35. The average molecular weight is 236 g/mol. The molecule has 0 aromatic rings. The Labute approximate surface area is 105 Å². The van der Waals surface area contributed by atoms with Gasteiger partial charge in [0.05, 0.1) is 6.07 Å². The summed E-state index contributed by atoms with van der Waals surface area (Å²) in [6, 6.07) is 2.28. The Morgan fingerprint density at radius 2 is 1.76 bits per heavy atom. The van der Waals surface area contributed by atoms with E-state index in [9.17, 15) is 10.1 Å². The van der Waals surface area contributed by atoms with Crippen LogP contribution in [-0.2, 0) is 4.79 Å². The Morgan fingerprint density at radius 1 is 1.24 bits per heavy atom. The number of nitriles is 1. The Bertz CT molecular complexity index is 301. The van der Waals surface area contributed by atoms with Gasteiger partial charge in [-0.25, -0.2) is 0 Å². The first-order chi connectivity index (χ1) is 7.90. The van der Waals surface area contributed by atoms with E-state index in [1.54, 1.807) is 0 Å². The van der Waals surface area contributed by atoms with Crippen molar-refractivity contribution < 1.29 is 4.79 Å². The SMILES string of the molecule is CC(C)(C)CNC(=O)C1(C#N)CCCCCC1. The van der Waals surface area contributed by atoms with Gasteiger partial charge in [-0.15, -0.1) is 0 Å². The second-order valence-electron chi connectivity index (χ2n) is 6.35. The summed E-state index contributed by atoms with van der Waals surface area (Å²) in [6.45, 7) is 6.88. The number of rotatable bonds is 2. The molecule has 0 radical (unpaired) electrons. The summed E-state index contributed by atoms with van der Waals surface area (Å²) >= 11 is 0. The van der Waals surface area contributed by atoms with Crippen LogP contribution in [0.1, 0.15) is 59.3 Å². The standard InChI is InChI=1S/C14H24N2O/c1-13(2,3)11-16-12(17)14(10-15)8-6-4-5-7-9-14/h4-9,11H2,1-3H3,(H,16,17). The normalized spacial score (nSPS) is 20.1. The number of carbonyl (C=O) groups excluding carboxylic acids is 1. The highest BCUT2D eigenvalue weighted by atomic mass is 16.2. The number of hydrogen-bond acceptors (Lipinski definition) is 2. The summed E-state index contributed by atoms with van der Waals surface area (Å²) in [5.74, 6) is -0.0585. The molecule has 1 amide bonds. The zero-order valence-corrected chi connectivity index (χ0v) is 11.3. The molecule has 1 aliphatic rings. The van der Waals surface area contributed by atoms with E-state index in [4.69, 9.17) is 0 Å². The Hall–Kier alpha value is -1.04. The molecule has 3 nitrogen and oxygen atoms in total. The van der Waals surface area contributed by atoms with Crippen LogP contribution in [0.2, 0.25) is 0 Å². The van der Waals surface area contributed by atoms with Crippen molar-refractivity contribution in [1.29, 1.82) is 5.26 Å². The molecule has 0 aromatic carbocycles. The smallest absolute Gasteiger partial charge is 0.240 e. The van der Waals surface area contributed by atoms with Crippen LogP contribution in [0.5, 0.6) is 0 Å². The molecule has 1 rings (SSSR count). The fraction of sp³-hybridized carbons (Fsp3) is 0.857. The molecule has 1 fully saturated rings.